The van der Waals surface area contributed by atoms with E-state index in [9.17, 15) is 8.42 Å². The maximum atomic E-state index is 11.6. The van der Waals surface area contributed by atoms with E-state index in [1.165, 1.54) is 0 Å². The molecule has 0 aliphatic carbocycles. The monoisotopic (exact) mass is 281 g/mol. The van der Waals surface area contributed by atoms with E-state index in [-0.39, 0.29) is 17.8 Å². The third-order valence-corrected chi connectivity index (χ3v) is 3.70. The van der Waals surface area contributed by atoms with Gasteiger partial charge < -0.3 is 9.47 Å². The van der Waals surface area contributed by atoms with E-state index in [1.54, 1.807) is 7.11 Å². The van der Waals surface area contributed by atoms with Gasteiger partial charge >= 0.3 is 0 Å². The summed E-state index contributed by atoms with van der Waals surface area (Å²) in [5.74, 6) is 0.00618. The highest BCUT2D eigenvalue weighted by atomic mass is 32.2. The zero-order chi connectivity index (χ0) is 14.1. The molecule has 0 saturated carbocycles. The van der Waals surface area contributed by atoms with E-state index in [1.807, 2.05) is 0 Å². The predicted molar refractivity (Wildman–Crippen MR) is 73.2 cm³/mol. The number of nitrogens with one attached hydrogen (secondary N) is 1. The Hall–Kier alpha value is -0.170. The minimum absolute atomic E-state index is 0.00618. The summed E-state index contributed by atoms with van der Waals surface area (Å²) in [7, 11) is -1.62. The molecule has 6 heteroatoms. The largest absolute Gasteiger partial charge is 0.382 e. The first kappa shape index (κ1) is 17.8. The number of ether oxygens (including phenoxy) is 2. The zero-order valence-electron chi connectivity index (χ0n) is 12.0. The molecule has 0 aromatic rings. The van der Waals surface area contributed by atoms with Crippen LogP contribution in [0.4, 0.5) is 0 Å². The van der Waals surface area contributed by atoms with Crippen LogP contribution in [0.25, 0.3) is 0 Å². The summed E-state index contributed by atoms with van der Waals surface area (Å²) in [5.41, 5.74) is 0.245. The average molecular weight is 281 g/mol. The second-order valence-corrected chi connectivity index (χ2v) is 7.41. The Balaban J connectivity index is 3.62. The summed E-state index contributed by atoms with van der Waals surface area (Å²) < 4.78 is 35.6. The maximum absolute atomic E-state index is 11.6. The number of rotatable bonds is 10. The molecular formula is C12H27NO4S. The molecular weight excluding hydrogens is 254 g/mol. The first-order valence-electron chi connectivity index (χ1n) is 6.31. The number of hydrogen-bond donors (Lipinski definition) is 1. The van der Waals surface area contributed by atoms with Crippen molar-refractivity contribution in [2.24, 2.45) is 5.41 Å². The van der Waals surface area contributed by atoms with Crippen molar-refractivity contribution in [1.82, 2.24) is 4.72 Å². The Morgan fingerprint density at radius 2 is 1.78 bits per heavy atom. The van der Waals surface area contributed by atoms with Gasteiger partial charge in [0.05, 0.1) is 25.6 Å². The SMILES string of the molecule is COCCOCCS(=O)(=O)NCCCC(C)(C)C. The van der Waals surface area contributed by atoms with Crippen LogP contribution in [0.3, 0.4) is 0 Å². The molecule has 0 aromatic carbocycles. The van der Waals surface area contributed by atoms with Crippen molar-refractivity contribution < 1.29 is 17.9 Å². The van der Waals surface area contributed by atoms with Crippen molar-refractivity contribution in [2.75, 3.05) is 39.2 Å². The maximum Gasteiger partial charge on any atom is 0.213 e. The van der Waals surface area contributed by atoms with Crippen LogP contribution in [0.2, 0.25) is 0 Å². The first-order valence-corrected chi connectivity index (χ1v) is 7.96. The first-order chi connectivity index (χ1) is 8.27. The molecule has 0 rings (SSSR count). The molecule has 1 N–H and O–H groups in total. The number of methoxy groups -OCH3 is 1. The molecule has 0 atom stereocenters. The Bertz CT molecular complexity index is 296. The quantitative estimate of drug-likeness (QED) is 0.615. The van der Waals surface area contributed by atoms with Crippen molar-refractivity contribution in [3.63, 3.8) is 0 Å². The van der Waals surface area contributed by atoms with Gasteiger partial charge in [0.2, 0.25) is 10.0 Å². The van der Waals surface area contributed by atoms with Crippen molar-refractivity contribution in [1.29, 1.82) is 0 Å². The van der Waals surface area contributed by atoms with Crippen molar-refractivity contribution in [3.8, 4) is 0 Å². The van der Waals surface area contributed by atoms with Crippen LogP contribution < -0.4 is 4.72 Å². The second kappa shape index (κ2) is 8.85. The van der Waals surface area contributed by atoms with Crippen molar-refractivity contribution >= 4 is 10.0 Å². The lowest BCUT2D eigenvalue weighted by atomic mass is 9.91. The smallest absolute Gasteiger partial charge is 0.213 e. The van der Waals surface area contributed by atoms with Gasteiger partial charge in [0.25, 0.3) is 0 Å². The fraction of sp³-hybridized carbons (Fsp3) is 1.00. The average Bonchev–Trinajstić information content (AvgIpc) is 2.23. The third-order valence-electron chi connectivity index (χ3n) is 2.35. The normalized spacial score (nSPS) is 12.9. The van der Waals surface area contributed by atoms with Gasteiger partial charge in [0, 0.05) is 13.7 Å². The Labute approximate surface area is 111 Å². The minimum atomic E-state index is -3.20. The van der Waals surface area contributed by atoms with Gasteiger partial charge in [-0.1, -0.05) is 20.8 Å². The van der Waals surface area contributed by atoms with Crippen LogP contribution in [0.1, 0.15) is 33.6 Å². The summed E-state index contributed by atoms with van der Waals surface area (Å²) in [5, 5.41) is 0. The van der Waals surface area contributed by atoms with Gasteiger partial charge in [-0.3, -0.25) is 0 Å². The molecule has 0 aliphatic rings. The van der Waals surface area contributed by atoms with Crippen LogP contribution in [0.5, 0.6) is 0 Å². The lowest BCUT2D eigenvalue weighted by Crippen LogP contribution is -2.30. The van der Waals surface area contributed by atoms with Crippen LogP contribution in [-0.2, 0) is 19.5 Å². The second-order valence-electron chi connectivity index (χ2n) is 5.48. The molecule has 0 bridgehead atoms. The lowest BCUT2D eigenvalue weighted by Gasteiger charge is -2.17. The fourth-order valence-electron chi connectivity index (χ4n) is 1.33. The summed E-state index contributed by atoms with van der Waals surface area (Å²) in [6.45, 7) is 8.05. The van der Waals surface area contributed by atoms with Gasteiger partial charge in [-0.15, -0.1) is 0 Å². The molecule has 0 radical (unpaired) electrons. The van der Waals surface area contributed by atoms with Gasteiger partial charge in [0.1, 0.15) is 0 Å². The fourth-order valence-corrected chi connectivity index (χ4v) is 2.27. The molecule has 0 heterocycles. The molecule has 18 heavy (non-hydrogen) atoms. The van der Waals surface area contributed by atoms with E-state index in [2.05, 4.69) is 25.5 Å². The molecule has 0 amide bonds. The van der Waals surface area contributed by atoms with Crippen molar-refractivity contribution in [3.05, 3.63) is 0 Å². The van der Waals surface area contributed by atoms with E-state index >= 15 is 0 Å². The zero-order valence-corrected chi connectivity index (χ0v) is 12.8. The summed E-state index contributed by atoms with van der Waals surface area (Å²) >= 11 is 0. The van der Waals surface area contributed by atoms with Gasteiger partial charge in [0.15, 0.2) is 0 Å². The highest BCUT2D eigenvalue weighted by Gasteiger charge is 2.12. The molecule has 5 nitrogen and oxygen atoms in total. The lowest BCUT2D eigenvalue weighted by molar-refractivity contribution is 0.0784. The van der Waals surface area contributed by atoms with Crippen molar-refractivity contribution in [2.45, 2.75) is 33.6 Å². The van der Waals surface area contributed by atoms with Gasteiger partial charge in [-0.2, -0.15) is 0 Å². The topological polar surface area (TPSA) is 64.6 Å². The van der Waals surface area contributed by atoms with E-state index in [0.717, 1.165) is 12.8 Å². The summed E-state index contributed by atoms with van der Waals surface area (Å²) in [6, 6.07) is 0. The molecule has 0 unspecified atom stereocenters. The van der Waals surface area contributed by atoms with Crippen LogP contribution in [0.15, 0.2) is 0 Å². The molecule has 110 valence electrons. The Morgan fingerprint density at radius 1 is 1.11 bits per heavy atom. The minimum Gasteiger partial charge on any atom is -0.382 e. The van der Waals surface area contributed by atoms with E-state index in [4.69, 9.17) is 9.47 Å². The van der Waals surface area contributed by atoms with Crippen LogP contribution in [0, 0.1) is 5.41 Å². The number of sulfonamides is 1. The van der Waals surface area contributed by atoms with Crippen LogP contribution >= 0.6 is 0 Å². The Morgan fingerprint density at radius 3 is 2.33 bits per heavy atom. The van der Waals surface area contributed by atoms with E-state index in [0.29, 0.717) is 19.8 Å². The molecule has 0 aliphatic heterocycles. The van der Waals surface area contributed by atoms with E-state index < -0.39 is 10.0 Å². The highest BCUT2D eigenvalue weighted by Crippen LogP contribution is 2.19. The molecule has 0 spiro atoms. The standard InChI is InChI=1S/C12H27NO4S/c1-12(2,3)6-5-7-13-18(14,15)11-10-17-9-8-16-4/h13H,5-11H2,1-4H3. The van der Waals surface area contributed by atoms with Gasteiger partial charge in [-0.05, 0) is 18.3 Å². The molecule has 0 aromatic heterocycles. The Kier molecular flexibility index (Phi) is 8.77. The van der Waals surface area contributed by atoms with Crippen LogP contribution in [-0.4, -0.2) is 47.6 Å². The molecule has 0 saturated heterocycles. The molecule has 0 fully saturated rings. The predicted octanol–water partition coefficient (Wildman–Crippen LogP) is 1.40. The third kappa shape index (κ3) is 12.3. The van der Waals surface area contributed by atoms with Gasteiger partial charge in [-0.25, -0.2) is 13.1 Å². The summed E-state index contributed by atoms with van der Waals surface area (Å²) in [4.78, 5) is 0. The highest BCUT2D eigenvalue weighted by molar-refractivity contribution is 7.89. The number of hydrogen-bond acceptors (Lipinski definition) is 4. The summed E-state index contributed by atoms with van der Waals surface area (Å²) in [6.07, 6.45) is 1.85.